The summed E-state index contributed by atoms with van der Waals surface area (Å²) < 4.78 is 5.79. The Labute approximate surface area is 154 Å². The molecule has 1 atom stereocenters. The van der Waals surface area contributed by atoms with E-state index in [0.29, 0.717) is 5.92 Å². The monoisotopic (exact) mass is 348 g/mol. The van der Waals surface area contributed by atoms with Gasteiger partial charge in [0.25, 0.3) is 0 Å². The summed E-state index contributed by atoms with van der Waals surface area (Å²) in [5.41, 5.74) is 2.28. The first-order valence-electron chi connectivity index (χ1n) is 9.38. The molecule has 0 aromatic rings. The van der Waals surface area contributed by atoms with Gasteiger partial charge in [-0.2, -0.15) is 0 Å². The molecular formula is C22H36O3. The first-order valence-corrected chi connectivity index (χ1v) is 9.38. The second-order valence-corrected chi connectivity index (χ2v) is 6.82. The average Bonchev–Trinajstić information content (AvgIpc) is 2.53. The number of rotatable bonds is 12. The molecule has 0 aromatic heterocycles. The molecule has 1 unspecified atom stereocenters. The first-order chi connectivity index (χ1) is 11.8. The Morgan fingerprint density at radius 3 is 2.44 bits per heavy atom. The smallest absolute Gasteiger partial charge is 0.307 e. The van der Waals surface area contributed by atoms with Gasteiger partial charge in [-0.3, -0.25) is 4.79 Å². The molecule has 3 nitrogen and oxygen atoms in total. The lowest BCUT2D eigenvalue weighted by Crippen LogP contribution is -2.00. The Kier molecular flexibility index (Phi) is 12.6. The Balaban J connectivity index is 5.22. The van der Waals surface area contributed by atoms with Gasteiger partial charge in [0.15, 0.2) is 0 Å². The molecule has 0 amide bonds. The van der Waals surface area contributed by atoms with Gasteiger partial charge in [0, 0.05) is 0 Å². The van der Waals surface area contributed by atoms with Crippen molar-refractivity contribution in [2.45, 2.75) is 67.2 Å². The molecule has 0 aliphatic carbocycles. The standard InChI is InChI=1S/C22H36O3/c1-7-15-25-21(8-2)19(6)16-18(5)20(12-9-11-17(3)4)13-10-14-22(23)24/h8,10,12-13,16-18H,7,9,11,14-15H2,1-6H3,(H,23,24)/b13-10-,19-16-,20-12+,21-8+. The molecule has 0 aliphatic rings. The van der Waals surface area contributed by atoms with Crippen molar-refractivity contribution in [3.05, 3.63) is 47.3 Å². The summed E-state index contributed by atoms with van der Waals surface area (Å²) in [5.74, 6) is 0.980. The lowest BCUT2D eigenvalue weighted by molar-refractivity contribution is -0.136. The van der Waals surface area contributed by atoms with Crippen LogP contribution in [0.15, 0.2) is 47.3 Å². The highest BCUT2D eigenvalue weighted by molar-refractivity contribution is 5.68. The minimum Gasteiger partial charge on any atom is -0.494 e. The fraction of sp³-hybridized carbons (Fsp3) is 0.591. The highest BCUT2D eigenvalue weighted by atomic mass is 16.5. The highest BCUT2D eigenvalue weighted by Gasteiger charge is 2.07. The van der Waals surface area contributed by atoms with Gasteiger partial charge in [0.2, 0.25) is 0 Å². The van der Waals surface area contributed by atoms with Gasteiger partial charge in [-0.1, -0.05) is 52.0 Å². The van der Waals surface area contributed by atoms with Crippen molar-refractivity contribution >= 4 is 5.97 Å². The van der Waals surface area contributed by atoms with Gasteiger partial charge in [-0.05, 0) is 62.2 Å². The molecule has 0 radical (unpaired) electrons. The van der Waals surface area contributed by atoms with E-state index >= 15 is 0 Å². The molecular weight excluding hydrogens is 312 g/mol. The predicted octanol–water partition coefficient (Wildman–Crippen LogP) is 6.29. The van der Waals surface area contributed by atoms with E-state index in [1.165, 1.54) is 0 Å². The Bertz CT molecular complexity index is 507. The number of aliphatic carboxylic acids is 1. The van der Waals surface area contributed by atoms with E-state index in [4.69, 9.17) is 9.84 Å². The summed E-state index contributed by atoms with van der Waals surface area (Å²) >= 11 is 0. The predicted molar refractivity (Wildman–Crippen MR) is 106 cm³/mol. The van der Waals surface area contributed by atoms with Crippen molar-refractivity contribution in [3.63, 3.8) is 0 Å². The summed E-state index contributed by atoms with van der Waals surface area (Å²) in [6, 6.07) is 0. The van der Waals surface area contributed by atoms with Crippen LogP contribution in [0.1, 0.15) is 67.2 Å². The molecule has 0 spiro atoms. The summed E-state index contributed by atoms with van der Waals surface area (Å²) in [7, 11) is 0. The van der Waals surface area contributed by atoms with Crippen LogP contribution in [-0.4, -0.2) is 17.7 Å². The van der Waals surface area contributed by atoms with Gasteiger partial charge in [0.1, 0.15) is 5.76 Å². The molecule has 3 heteroatoms. The molecule has 1 N–H and O–H groups in total. The fourth-order valence-corrected chi connectivity index (χ4v) is 2.48. The van der Waals surface area contributed by atoms with Crippen molar-refractivity contribution in [3.8, 4) is 0 Å². The van der Waals surface area contributed by atoms with Crippen LogP contribution in [0.2, 0.25) is 0 Å². The minimum atomic E-state index is -0.804. The molecule has 0 bridgehead atoms. The molecule has 0 heterocycles. The summed E-state index contributed by atoms with van der Waals surface area (Å²) in [6.07, 6.45) is 13.3. The van der Waals surface area contributed by atoms with Crippen molar-refractivity contribution < 1.29 is 14.6 Å². The Hall–Kier alpha value is -1.77. The van der Waals surface area contributed by atoms with Crippen LogP contribution in [-0.2, 0) is 9.53 Å². The number of allylic oxidation sites excluding steroid dienone is 6. The van der Waals surface area contributed by atoms with Crippen LogP contribution in [0.3, 0.4) is 0 Å². The number of carboxylic acids is 1. The lowest BCUT2D eigenvalue weighted by Gasteiger charge is -2.14. The third kappa shape index (κ3) is 11.4. The maximum atomic E-state index is 10.8. The molecule has 0 rings (SSSR count). The number of carboxylic acid groups (broad SMARTS) is 1. The van der Waals surface area contributed by atoms with Gasteiger partial charge < -0.3 is 9.84 Å². The number of ether oxygens (including phenoxy) is 1. The molecule has 0 saturated heterocycles. The summed E-state index contributed by atoms with van der Waals surface area (Å²) in [4.78, 5) is 10.8. The molecule has 25 heavy (non-hydrogen) atoms. The fourth-order valence-electron chi connectivity index (χ4n) is 2.48. The van der Waals surface area contributed by atoms with Crippen LogP contribution < -0.4 is 0 Å². The van der Waals surface area contributed by atoms with Crippen molar-refractivity contribution in [2.24, 2.45) is 11.8 Å². The van der Waals surface area contributed by atoms with Crippen molar-refractivity contribution in [1.82, 2.24) is 0 Å². The van der Waals surface area contributed by atoms with Crippen LogP contribution in [0, 0.1) is 11.8 Å². The van der Waals surface area contributed by atoms with E-state index in [1.807, 2.05) is 19.1 Å². The zero-order valence-electron chi connectivity index (χ0n) is 16.8. The number of hydrogen-bond acceptors (Lipinski definition) is 2. The van der Waals surface area contributed by atoms with Crippen molar-refractivity contribution in [1.29, 1.82) is 0 Å². The number of carbonyl (C=O) groups is 1. The zero-order chi connectivity index (χ0) is 19.2. The van der Waals surface area contributed by atoms with E-state index in [1.54, 1.807) is 6.08 Å². The Morgan fingerprint density at radius 2 is 1.92 bits per heavy atom. The first kappa shape index (κ1) is 23.2. The number of hydrogen-bond donors (Lipinski definition) is 1. The van der Waals surface area contributed by atoms with Crippen LogP contribution in [0.5, 0.6) is 0 Å². The Morgan fingerprint density at radius 1 is 1.24 bits per heavy atom. The van der Waals surface area contributed by atoms with E-state index in [9.17, 15) is 4.79 Å². The summed E-state index contributed by atoms with van der Waals surface area (Å²) in [5, 5.41) is 8.84. The van der Waals surface area contributed by atoms with Gasteiger partial charge in [-0.25, -0.2) is 0 Å². The largest absolute Gasteiger partial charge is 0.494 e. The molecule has 0 fully saturated rings. The normalized spacial score (nSPS) is 15.1. The van der Waals surface area contributed by atoms with E-state index in [0.717, 1.165) is 42.8 Å². The van der Waals surface area contributed by atoms with Gasteiger partial charge in [-0.15, -0.1) is 0 Å². The minimum absolute atomic E-state index is 0.0522. The SMILES string of the molecule is C/C=C(OCCC)\C(C)=C/C(C)C(/C=C\CC(=O)O)=C/CCC(C)C. The third-order valence-corrected chi connectivity index (χ3v) is 3.87. The van der Waals surface area contributed by atoms with Crippen molar-refractivity contribution in [2.75, 3.05) is 6.61 Å². The quantitative estimate of drug-likeness (QED) is 0.333. The molecule has 0 saturated carbocycles. The van der Waals surface area contributed by atoms with Gasteiger partial charge >= 0.3 is 5.97 Å². The second kappa shape index (κ2) is 13.5. The van der Waals surface area contributed by atoms with Crippen LogP contribution in [0.4, 0.5) is 0 Å². The average molecular weight is 349 g/mol. The van der Waals surface area contributed by atoms with Gasteiger partial charge in [0.05, 0.1) is 13.0 Å². The van der Waals surface area contributed by atoms with Crippen LogP contribution >= 0.6 is 0 Å². The third-order valence-electron chi connectivity index (χ3n) is 3.87. The van der Waals surface area contributed by atoms with E-state index < -0.39 is 5.97 Å². The van der Waals surface area contributed by atoms with E-state index in [2.05, 4.69) is 46.8 Å². The zero-order valence-corrected chi connectivity index (χ0v) is 16.8. The highest BCUT2D eigenvalue weighted by Crippen LogP contribution is 2.21. The summed E-state index contributed by atoms with van der Waals surface area (Å²) in [6.45, 7) is 13.4. The maximum absolute atomic E-state index is 10.8. The van der Waals surface area contributed by atoms with Crippen LogP contribution in [0.25, 0.3) is 0 Å². The second-order valence-electron chi connectivity index (χ2n) is 6.82. The molecule has 142 valence electrons. The maximum Gasteiger partial charge on any atom is 0.307 e. The van der Waals surface area contributed by atoms with E-state index in [-0.39, 0.29) is 12.3 Å². The lowest BCUT2D eigenvalue weighted by atomic mass is 9.95. The molecule has 0 aromatic carbocycles. The molecule has 0 aliphatic heterocycles. The topological polar surface area (TPSA) is 46.5 Å².